The summed E-state index contributed by atoms with van der Waals surface area (Å²) in [6.45, 7) is 0. The molecule has 1 atom stereocenters. The van der Waals surface area contributed by atoms with E-state index in [1.54, 1.807) is 0 Å². The molecule has 0 aromatic heterocycles. The van der Waals surface area contributed by atoms with Gasteiger partial charge in [0.15, 0.2) is 6.10 Å². The summed E-state index contributed by atoms with van der Waals surface area (Å²) in [7, 11) is 0. The highest BCUT2D eigenvalue weighted by atomic mass is 19.4. The van der Waals surface area contributed by atoms with Crippen LogP contribution in [0.15, 0.2) is 0 Å². The van der Waals surface area contributed by atoms with E-state index in [9.17, 15) is 13.2 Å². The van der Waals surface area contributed by atoms with Crippen LogP contribution < -0.4 is 0 Å². The molecule has 1 saturated carbocycles. The van der Waals surface area contributed by atoms with Crippen LogP contribution in [0, 0.1) is 5.92 Å². The second-order valence-electron chi connectivity index (χ2n) is 2.32. The minimum absolute atomic E-state index is 0.509. The first-order chi connectivity index (χ1) is 4.02. The van der Waals surface area contributed by atoms with Gasteiger partial charge in [0.25, 0.3) is 0 Å². The average Bonchev–Trinajstić information content (AvgIpc) is 2.40. The maximum Gasteiger partial charge on any atom is 0.414 e. The van der Waals surface area contributed by atoms with E-state index in [1.807, 2.05) is 0 Å². The van der Waals surface area contributed by atoms with Gasteiger partial charge in [0.05, 0.1) is 0 Å². The molecule has 1 aliphatic rings. The minimum atomic E-state index is -4.40. The molecule has 0 amide bonds. The van der Waals surface area contributed by atoms with Gasteiger partial charge < -0.3 is 5.11 Å². The number of aliphatic hydroxyl groups excluding tert-OH is 1. The van der Waals surface area contributed by atoms with Crippen molar-refractivity contribution in [3.63, 3.8) is 0 Å². The quantitative estimate of drug-likeness (QED) is 0.582. The van der Waals surface area contributed by atoms with Crippen molar-refractivity contribution < 1.29 is 18.3 Å². The predicted molar refractivity (Wildman–Crippen MR) is 24.8 cm³/mol. The summed E-state index contributed by atoms with van der Waals surface area (Å²) in [4.78, 5) is 0. The lowest BCUT2D eigenvalue weighted by Gasteiger charge is -2.12. The topological polar surface area (TPSA) is 20.2 Å². The molecule has 0 heterocycles. The van der Waals surface area contributed by atoms with Gasteiger partial charge in [-0.1, -0.05) is 0 Å². The van der Waals surface area contributed by atoms with Crippen LogP contribution in [0.5, 0.6) is 0 Å². The van der Waals surface area contributed by atoms with Crippen LogP contribution in [0.25, 0.3) is 0 Å². The maximum atomic E-state index is 11.5. The van der Waals surface area contributed by atoms with Gasteiger partial charge in [-0.3, -0.25) is 0 Å². The lowest BCUT2D eigenvalue weighted by molar-refractivity contribution is -0.209. The Labute approximate surface area is 50.5 Å². The van der Waals surface area contributed by atoms with Gasteiger partial charge in [0.1, 0.15) is 0 Å². The first kappa shape index (κ1) is 6.86. The molecule has 0 radical (unpaired) electrons. The molecule has 0 aliphatic heterocycles. The number of halogens is 3. The molecule has 54 valence electrons. The van der Waals surface area contributed by atoms with Crippen molar-refractivity contribution >= 4 is 0 Å². The number of alkyl halides is 3. The molecule has 0 spiro atoms. The highest BCUT2D eigenvalue weighted by molar-refractivity contribution is 4.84. The summed E-state index contributed by atoms with van der Waals surface area (Å²) < 4.78 is 34.5. The molecule has 1 rings (SSSR count). The largest absolute Gasteiger partial charge is 0.414 e. The summed E-state index contributed by atoms with van der Waals surface area (Å²) in [5, 5.41) is 8.40. The summed E-state index contributed by atoms with van der Waals surface area (Å²) in [6.07, 6.45) is -5.44. The molecule has 0 bridgehead atoms. The van der Waals surface area contributed by atoms with Gasteiger partial charge in [-0.05, 0) is 18.8 Å². The van der Waals surface area contributed by atoms with Gasteiger partial charge in [-0.2, -0.15) is 13.2 Å². The molecule has 4 heteroatoms. The normalized spacial score (nSPS) is 24.0. The van der Waals surface area contributed by atoms with Crippen LogP contribution in [0.1, 0.15) is 12.8 Å². The standard InChI is InChI=1S/C5H7F3O/c6-5(7,8)4(9)3-1-2-3/h3-4,9H,1-2H2/t4-/m1/s1. The van der Waals surface area contributed by atoms with E-state index in [1.165, 1.54) is 0 Å². The summed E-state index contributed by atoms with van der Waals surface area (Å²) in [6, 6.07) is 0. The van der Waals surface area contributed by atoms with Gasteiger partial charge >= 0.3 is 6.18 Å². The zero-order chi connectivity index (χ0) is 7.07. The van der Waals surface area contributed by atoms with Crippen LogP contribution in [-0.2, 0) is 0 Å². The monoisotopic (exact) mass is 140 g/mol. The van der Waals surface area contributed by atoms with Gasteiger partial charge in [0.2, 0.25) is 0 Å². The van der Waals surface area contributed by atoms with E-state index in [4.69, 9.17) is 5.11 Å². The Morgan fingerprint density at radius 2 is 1.78 bits per heavy atom. The molecule has 0 saturated heterocycles. The summed E-state index contributed by atoms with van der Waals surface area (Å²) in [5.41, 5.74) is 0. The van der Waals surface area contributed by atoms with Crippen molar-refractivity contribution in [2.24, 2.45) is 5.92 Å². The van der Waals surface area contributed by atoms with Crippen LogP contribution >= 0.6 is 0 Å². The SMILES string of the molecule is O[C@H](C1CC1)C(F)(F)F. The third-order valence-electron chi connectivity index (χ3n) is 1.40. The Balaban J connectivity index is 2.40. The molecule has 9 heavy (non-hydrogen) atoms. The van der Waals surface area contributed by atoms with Crippen molar-refractivity contribution in [2.45, 2.75) is 25.1 Å². The van der Waals surface area contributed by atoms with Crippen LogP contribution in [0.3, 0.4) is 0 Å². The van der Waals surface area contributed by atoms with Gasteiger partial charge in [-0.15, -0.1) is 0 Å². The van der Waals surface area contributed by atoms with Crippen molar-refractivity contribution in [3.8, 4) is 0 Å². The van der Waals surface area contributed by atoms with Gasteiger partial charge in [-0.25, -0.2) is 0 Å². The third-order valence-corrected chi connectivity index (χ3v) is 1.40. The minimum Gasteiger partial charge on any atom is -0.383 e. The molecule has 1 nitrogen and oxygen atoms in total. The number of rotatable bonds is 1. The molecular formula is C5H7F3O. The van der Waals surface area contributed by atoms with Crippen molar-refractivity contribution in [1.82, 2.24) is 0 Å². The second-order valence-corrected chi connectivity index (χ2v) is 2.32. The Morgan fingerprint density at radius 1 is 1.33 bits per heavy atom. The fourth-order valence-electron chi connectivity index (χ4n) is 0.679. The first-order valence-electron chi connectivity index (χ1n) is 2.76. The van der Waals surface area contributed by atoms with Crippen LogP contribution in [0.4, 0.5) is 13.2 Å². The van der Waals surface area contributed by atoms with Crippen LogP contribution in [0.2, 0.25) is 0 Å². The number of aliphatic hydroxyl groups is 1. The zero-order valence-corrected chi connectivity index (χ0v) is 4.65. The van der Waals surface area contributed by atoms with Crippen molar-refractivity contribution in [3.05, 3.63) is 0 Å². The Hall–Kier alpha value is -0.250. The number of hydrogen-bond donors (Lipinski definition) is 1. The van der Waals surface area contributed by atoms with E-state index in [-0.39, 0.29) is 0 Å². The molecule has 0 aromatic carbocycles. The van der Waals surface area contributed by atoms with E-state index in [0.29, 0.717) is 12.8 Å². The van der Waals surface area contributed by atoms with Crippen molar-refractivity contribution in [1.29, 1.82) is 0 Å². The molecule has 0 unspecified atom stereocenters. The third kappa shape index (κ3) is 1.58. The lowest BCUT2D eigenvalue weighted by Crippen LogP contribution is -2.30. The molecular weight excluding hydrogens is 133 g/mol. The molecule has 1 N–H and O–H groups in total. The predicted octanol–water partition coefficient (Wildman–Crippen LogP) is 1.32. The van der Waals surface area contributed by atoms with Crippen molar-refractivity contribution in [2.75, 3.05) is 0 Å². The maximum absolute atomic E-state index is 11.5. The highest BCUT2D eigenvalue weighted by Crippen LogP contribution is 2.39. The van der Waals surface area contributed by atoms with E-state index < -0.39 is 18.2 Å². The second kappa shape index (κ2) is 1.87. The lowest BCUT2D eigenvalue weighted by atomic mass is 10.2. The smallest absolute Gasteiger partial charge is 0.383 e. The average molecular weight is 140 g/mol. The highest BCUT2D eigenvalue weighted by Gasteiger charge is 2.47. The summed E-state index contributed by atoms with van der Waals surface area (Å²) >= 11 is 0. The molecule has 1 fully saturated rings. The summed E-state index contributed by atoms with van der Waals surface area (Å²) in [5.74, 6) is -0.509. The van der Waals surface area contributed by atoms with Gasteiger partial charge in [0, 0.05) is 0 Å². The van der Waals surface area contributed by atoms with Crippen LogP contribution in [-0.4, -0.2) is 17.4 Å². The Kier molecular flexibility index (Phi) is 1.42. The van der Waals surface area contributed by atoms with E-state index in [2.05, 4.69) is 0 Å². The van der Waals surface area contributed by atoms with E-state index in [0.717, 1.165) is 0 Å². The molecule has 0 aromatic rings. The zero-order valence-electron chi connectivity index (χ0n) is 4.65. The fourth-order valence-corrected chi connectivity index (χ4v) is 0.679. The first-order valence-corrected chi connectivity index (χ1v) is 2.76. The van der Waals surface area contributed by atoms with E-state index >= 15 is 0 Å². The molecule has 1 aliphatic carbocycles. The Bertz CT molecular complexity index is 105. The number of hydrogen-bond acceptors (Lipinski definition) is 1. The fraction of sp³-hybridized carbons (Fsp3) is 1.00. The Morgan fingerprint density at radius 3 is 1.89 bits per heavy atom.